The number of nitrogens with zero attached hydrogens (tertiary/aromatic N) is 2. The summed E-state index contributed by atoms with van der Waals surface area (Å²) < 4.78 is 39.1. The lowest BCUT2D eigenvalue weighted by Crippen LogP contribution is -2.57. The van der Waals surface area contributed by atoms with Gasteiger partial charge in [-0.05, 0) is 36.5 Å². The van der Waals surface area contributed by atoms with E-state index in [4.69, 9.17) is 6.57 Å². The van der Waals surface area contributed by atoms with E-state index in [9.17, 15) is 32.3 Å². The number of piperidine rings is 1. The van der Waals surface area contributed by atoms with Gasteiger partial charge >= 0.3 is 12.1 Å². The van der Waals surface area contributed by atoms with E-state index in [1.54, 1.807) is 0 Å². The predicted molar refractivity (Wildman–Crippen MR) is 125 cm³/mol. The van der Waals surface area contributed by atoms with Gasteiger partial charge in [0.2, 0.25) is 17.7 Å². The van der Waals surface area contributed by atoms with Crippen LogP contribution in [0.3, 0.4) is 0 Å². The lowest BCUT2D eigenvalue weighted by atomic mass is 9.96. The van der Waals surface area contributed by atoms with Crippen LogP contribution in [0.4, 0.5) is 13.2 Å². The Morgan fingerprint density at radius 1 is 1.05 bits per heavy atom. The number of fused-ring (bicyclic) bond motifs is 5. The first kappa shape index (κ1) is 27.2. The van der Waals surface area contributed by atoms with Crippen molar-refractivity contribution < 1.29 is 32.3 Å². The SMILES string of the molecule is [C-]#[N+][C@@H]1C[C@H]2C[C@@H](CCCCCC[C@H](NC(=O)C(F)(F)F)C(=O)N3C[C@H]4[C@@H]([C@H]3C(=O)N1)C4(C)C)NC2=O. The molecule has 204 valence electrons. The fourth-order valence-electron chi connectivity index (χ4n) is 6.49. The summed E-state index contributed by atoms with van der Waals surface area (Å²) in [5.41, 5.74) is -0.242. The zero-order valence-corrected chi connectivity index (χ0v) is 21.1. The summed E-state index contributed by atoms with van der Waals surface area (Å²) in [6.07, 6.45) is -1.97. The van der Waals surface area contributed by atoms with Crippen molar-refractivity contribution in [2.45, 2.75) is 95.7 Å². The molecule has 0 aromatic rings. The summed E-state index contributed by atoms with van der Waals surface area (Å²) in [7, 11) is 0. The van der Waals surface area contributed by atoms with Crippen LogP contribution in [-0.2, 0) is 19.2 Å². The Bertz CT molecular complexity index is 994. The van der Waals surface area contributed by atoms with E-state index in [2.05, 4.69) is 15.5 Å². The first-order chi connectivity index (χ1) is 17.3. The Morgan fingerprint density at radius 2 is 1.73 bits per heavy atom. The van der Waals surface area contributed by atoms with E-state index in [1.165, 1.54) is 4.90 Å². The molecule has 2 bridgehead atoms. The van der Waals surface area contributed by atoms with Crippen molar-refractivity contribution >= 4 is 23.6 Å². The largest absolute Gasteiger partial charge is 0.471 e. The van der Waals surface area contributed by atoms with Crippen molar-refractivity contribution in [3.05, 3.63) is 11.4 Å². The molecule has 9 nitrogen and oxygen atoms in total. The van der Waals surface area contributed by atoms with E-state index >= 15 is 0 Å². The van der Waals surface area contributed by atoms with E-state index in [0.717, 1.165) is 19.3 Å². The zero-order chi connectivity index (χ0) is 27.1. The van der Waals surface area contributed by atoms with Gasteiger partial charge in [0.25, 0.3) is 6.17 Å². The van der Waals surface area contributed by atoms with Gasteiger partial charge in [-0.1, -0.05) is 39.5 Å². The van der Waals surface area contributed by atoms with Crippen molar-refractivity contribution in [3.63, 3.8) is 0 Å². The number of hydrogen-bond acceptors (Lipinski definition) is 4. The lowest BCUT2D eigenvalue weighted by Gasteiger charge is -2.33. The fraction of sp³-hybridized carbons (Fsp3) is 0.800. The van der Waals surface area contributed by atoms with E-state index in [-0.39, 0.29) is 48.6 Å². The molecular formula is C25H34F3N5O4. The molecule has 0 unspecified atom stereocenters. The van der Waals surface area contributed by atoms with Crippen molar-refractivity contribution in [2.24, 2.45) is 23.2 Å². The van der Waals surface area contributed by atoms with Crippen LogP contribution < -0.4 is 16.0 Å². The van der Waals surface area contributed by atoms with Crippen molar-refractivity contribution in [1.29, 1.82) is 0 Å². The maximum absolute atomic E-state index is 13.5. The minimum absolute atomic E-state index is 0.00970. The second kappa shape index (κ2) is 10.1. The van der Waals surface area contributed by atoms with Crippen LogP contribution >= 0.6 is 0 Å². The standard InChI is InChI=1S/C25H34F3N5O4/c1-24(2)15-12-33-19(18(15)24)21(35)32-17(29-3)11-13-10-14(30-20(13)34)8-6-4-5-7-9-16(22(33)36)31-23(37)25(26,27)28/h13-19H,4-12H2,1-2H3,(H,30,34)(H,31,37)(H,32,35)/t13-,14-,15+,16+,17+,18+,19+/m1/s1. The number of carbonyl (C=O) groups excluding carboxylic acids is 4. The molecule has 0 spiro atoms. The molecule has 3 N–H and O–H groups in total. The number of rotatable bonds is 1. The van der Waals surface area contributed by atoms with Crippen LogP contribution in [-0.4, -0.2) is 65.5 Å². The molecule has 3 saturated heterocycles. The van der Waals surface area contributed by atoms with Gasteiger partial charge in [-0.3, -0.25) is 29.3 Å². The molecule has 4 fully saturated rings. The molecule has 0 radical (unpaired) electrons. The summed E-state index contributed by atoms with van der Waals surface area (Å²) in [6.45, 7) is 11.7. The molecule has 1 aliphatic carbocycles. The first-order valence-electron chi connectivity index (χ1n) is 13.0. The number of amides is 4. The molecule has 3 heterocycles. The maximum atomic E-state index is 13.5. The van der Waals surface area contributed by atoms with Gasteiger partial charge < -0.3 is 15.5 Å². The summed E-state index contributed by atoms with van der Waals surface area (Å²) in [5.74, 6) is -4.17. The summed E-state index contributed by atoms with van der Waals surface area (Å²) >= 11 is 0. The van der Waals surface area contributed by atoms with E-state index in [1.807, 2.05) is 19.2 Å². The molecule has 37 heavy (non-hydrogen) atoms. The quantitative estimate of drug-likeness (QED) is 0.456. The number of halogens is 3. The van der Waals surface area contributed by atoms with Crippen LogP contribution in [0.5, 0.6) is 0 Å². The van der Waals surface area contributed by atoms with Crippen LogP contribution in [0.15, 0.2) is 0 Å². The number of hydrogen-bond donors (Lipinski definition) is 3. The summed E-state index contributed by atoms with van der Waals surface area (Å²) in [6, 6.07) is -2.37. The third kappa shape index (κ3) is 5.55. The molecular weight excluding hydrogens is 491 g/mol. The van der Waals surface area contributed by atoms with Gasteiger partial charge in [-0.2, -0.15) is 13.2 Å². The van der Waals surface area contributed by atoms with Gasteiger partial charge in [-0.25, -0.2) is 6.57 Å². The molecule has 3 aliphatic heterocycles. The normalized spacial score (nSPS) is 36.4. The predicted octanol–water partition coefficient (Wildman–Crippen LogP) is 2.13. The van der Waals surface area contributed by atoms with Crippen LogP contribution in [0.25, 0.3) is 4.85 Å². The third-order valence-electron chi connectivity index (χ3n) is 8.68. The molecule has 7 atom stereocenters. The highest BCUT2D eigenvalue weighted by atomic mass is 19.4. The highest BCUT2D eigenvalue weighted by molar-refractivity contribution is 5.94. The van der Waals surface area contributed by atoms with Crippen LogP contribution in [0.2, 0.25) is 0 Å². The van der Waals surface area contributed by atoms with Crippen molar-refractivity contribution in [2.75, 3.05) is 6.54 Å². The average molecular weight is 526 g/mol. The Balaban J connectivity index is 1.59. The molecule has 12 heteroatoms. The van der Waals surface area contributed by atoms with Gasteiger partial charge in [-0.15, -0.1) is 0 Å². The Kier molecular flexibility index (Phi) is 7.45. The summed E-state index contributed by atoms with van der Waals surface area (Å²) in [5, 5.41) is 7.52. The van der Waals surface area contributed by atoms with Gasteiger partial charge in [0.05, 0.1) is 6.42 Å². The second-order valence-corrected chi connectivity index (χ2v) is 11.4. The topological polar surface area (TPSA) is 112 Å². The number of carbonyl (C=O) groups is 4. The minimum atomic E-state index is -5.13. The molecule has 4 aliphatic rings. The van der Waals surface area contributed by atoms with Crippen LogP contribution in [0.1, 0.15) is 65.2 Å². The molecule has 0 aromatic heterocycles. The highest BCUT2D eigenvalue weighted by Crippen LogP contribution is 2.65. The molecule has 1 saturated carbocycles. The number of alkyl halides is 3. The zero-order valence-electron chi connectivity index (χ0n) is 21.1. The van der Waals surface area contributed by atoms with Gasteiger partial charge in [0.1, 0.15) is 12.1 Å². The maximum Gasteiger partial charge on any atom is 0.471 e. The Morgan fingerprint density at radius 3 is 2.38 bits per heavy atom. The average Bonchev–Trinajstić information content (AvgIpc) is 3.14. The van der Waals surface area contributed by atoms with Gasteiger partial charge in [0.15, 0.2) is 0 Å². The van der Waals surface area contributed by atoms with E-state index < -0.39 is 48.1 Å². The second-order valence-electron chi connectivity index (χ2n) is 11.4. The van der Waals surface area contributed by atoms with Crippen molar-refractivity contribution in [1.82, 2.24) is 20.9 Å². The summed E-state index contributed by atoms with van der Waals surface area (Å²) in [4.78, 5) is 55.9. The lowest BCUT2D eigenvalue weighted by molar-refractivity contribution is -0.175. The monoisotopic (exact) mass is 525 g/mol. The molecule has 4 amide bonds. The minimum Gasteiger partial charge on any atom is -0.353 e. The van der Waals surface area contributed by atoms with E-state index in [0.29, 0.717) is 19.3 Å². The molecule has 0 aromatic carbocycles. The van der Waals surface area contributed by atoms with Crippen LogP contribution in [0, 0.1) is 29.7 Å². The van der Waals surface area contributed by atoms with Crippen molar-refractivity contribution in [3.8, 4) is 0 Å². The Labute approximate surface area is 214 Å². The number of nitrogens with one attached hydrogen (secondary N) is 3. The smallest absolute Gasteiger partial charge is 0.353 e. The fourth-order valence-corrected chi connectivity index (χ4v) is 6.49. The van der Waals surface area contributed by atoms with Gasteiger partial charge in [0, 0.05) is 18.5 Å². The first-order valence-corrected chi connectivity index (χ1v) is 13.0. The third-order valence-corrected chi connectivity index (χ3v) is 8.68. The Hall–Kier alpha value is -2.84. The highest BCUT2D eigenvalue weighted by Gasteiger charge is 2.69. The molecule has 4 rings (SSSR count).